The van der Waals surface area contributed by atoms with E-state index in [1.54, 1.807) is 11.8 Å². The third-order valence-electron chi connectivity index (χ3n) is 6.50. The van der Waals surface area contributed by atoms with Crippen molar-refractivity contribution in [2.45, 2.75) is 155 Å². The smallest absolute Gasteiger partial charge is 0.306 e. The Kier molecular flexibility index (Phi) is 28.2. The maximum atomic E-state index is 11.8. The van der Waals surface area contributed by atoms with Crippen LogP contribution in [-0.4, -0.2) is 47.9 Å². The summed E-state index contributed by atoms with van der Waals surface area (Å²) in [5, 5.41) is 9.91. The molecule has 0 rings (SSSR count). The Morgan fingerprint density at radius 3 is 1.42 bits per heavy atom. The van der Waals surface area contributed by atoms with Gasteiger partial charge in [-0.3, -0.25) is 9.59 Å². The van der Waals surface area contributed by atoms with Crippen LogP contribution in [-0.2, 0) is 19.1 Å². The fraction of sp³-hybridized carbons (Fsp3) is 0.933. The molecular formula is C30H58O5S. The summed E-state index contributed by atoms with van der Waals surface area (Å²) in [5.74, 6) is 1.08. The van der Waals surface area contributed by atoms with Gasteiger partial charge in [-0.25, -0.2) is 0 Å². The zero-order valence-electron chi connectivity index (χ0n) is 23.7. The molecule has 0 aliphatic rings. The van der Waals surface area contributed by atoms with Gasteiger partial charge in [-0.05, 0) is 25.7 Å². The molecule has 0 radical (unpaired) electrons. The minimum absolute atomic E-state index is 0.130. The lowest BCUT2D eigenvalue weighted by Crippen LogP contribution is -2.09. The van der Waals surface area contributed by atoms with Gasteiger partial charge in [0.25, 0.3) is 0 Å². The van der Waals surface area contributed by atoms with Gasteiger partial charge in [0.05, 0.1) is 32.2 Å². The van der Waals surface area contributed by atoms with E-state index in [2.05, 4.69) is 13.8 Å². The van der Waals surface area contributed by atoms with Gasteiger partial charge in [0, 0.05) is 11.5 Å². The van der Waals surface area contributed by atoms with Crippen LogP contribution in [0.1, 0.15) is 149 Å². The molecule has 0 fully saturated rings. The van der Waals surface area contributed by atoms with E-state index in [1.165, 1.54) is 64.2 Å². The first kappa shape index (κ1) is 35.2. The maximum Gasteiger partial charge on any atom is 0.306 e. The van der Waals surface area contributed by atoms with Crippen molar-refractivity contribution >= 4 is 23.7 Å². The molecule has 36 heavy (non-hydrogen) atoms. The molecule has 6 heteroatoms. The number of carbonyl (C=O) groups excluding carboxylic acids is 2. The summed E-state index contributed by atoms with van der Waals surface area (Å²) in [6.07, 6.45) is 22.7. The number of thioether (sulfide) groups is 1. The topological polar surface area (TPSA) is 72.8 Å². The molecule has 1 N–H and O–H groups in total. The molecule has 0 aromatic carbocycles. The number of unbranched alkanes of at least 4 members (excludes halogenated alkanes) is 14. The number of rotatable bonds is 28. The molecule has 0 saturated heterocycles. The second-order valence-electron chi connectivity index (χ2n) is 10.1. The van der Waals surface area contributed by atoms with E-state index in [4.69, 9.17) is 9.47 Å². The van der Waals surface area contributed by atoms with Gasteiger partial charge in [-0.1, -0.05) is 110 Å². The van der Waals surface area contributed by atoms with Crippen molar-refractivity contribution < 1.29 is 24.2 Å². The highest BCUT2D eigenvalue weighted by molar-refractivity contribution is 7.99. The zero-order valence-corrected chi connectivity index (χ0v) is 24.6. The van der Waals surface area contributed by atoms with Crippen LogP contribution >= 0.6 is 11.8 Å². The molecule has 0 heterocycles. The van der Waals surface area contributed by atoms with E-state index >= 15 is 0 Å². The van der Waals surface area contributed by atoms with Crippen LogP contribution in [0.4, 0.5) is 0 Å². The number of aliphatic hydroxyl groups is 1. The predicted octanol–water partition coefficient (Wildman–Crippen LogP) is 8.40. The zero-order chi connectivity index (χ0) is 26.5. The molecule has 1 atom stereocenters. The first-order chi connectivity index (χ1) is 17.6. The van der Waals surface area contributed by atoms with Crippen LogP contribution in [0.15, 0.2) is 0 Å². The van der Waals surface area contributed by atoms with Crippen molar-refractivity contribution in [3.05, 3.63) is 0 Å². The third-order valence-corrected chi connectivity index (χ3v) is 7.48. The average Bonchev–Trinajstić information content (AvgIpc) is 2.86. The molecule has 0 spiro atoms. The molecule has 1 unspecified atom stereocenters. The highest BCUT2D eigenvalue weighted by atomic mass is 32.2. The highest BCUT2D eigenvalue weighted by Crippen LogP contribution is 2.13. The fourth-order valence-corrected chi connectivity index (χ4v) is 4.95. The first-order valence-corrected chi connectivity index (χ1v) is 16.3. The van der Waals surface area contributed by atoms with E-state index in [9.17, 15) is 14.7 Å². The summed E-state index contributed by atoms with van der Waals surface area (Å²) in [6, 6.07) is 0. The van der Waals surface area contributed by atoms with Crippen molar-refractivity contribution in [3.8, 4) is 0 Å². The quantitative estimate of drug-likeness (QED) is 0.0808. The summed E-state index contributed by atoms with van der Waals surface area (Å²) < 4.78 is 10.6. The van der Waals surface area contributed by atoms with Gasteiger partial charge in [-0.2, -0.15) is 11.8 Å². The number of aliphatic hydroxyl groups excluding tert-OH is 1. The van der Waals surface area contributed by atoms with Gasteiger partial charge in [0.2, 0.25) is 0 Å². The standard InChI is InChI=1S/C30H58O5S/c1-3-5-7-8-9-10-11-12-14-18-24-34-29(32)22-26-36-27-23-30(33)35-25-19-15-13-17-21-28(31)20-16-6-4-2/h28,31H,3-27H2,1-2H3. The minimum Gasteiger partial charge on any atom is -0.466 e. The fourth-order valence-electron chi connectivity index (χ4n) is 4.13. The van der Waals surface area contributed by atoms with Crippen LogP contribution in [0.3, 0.4) is 0 Å². The first-order valence-electron chi connectivity index (χ1n) is 15.2. The number of carbonyl (C=O) groups is 2. The van der Waals surface area contributed by atoms with E-state index in [0.29, 0.717) is 37.6 Å². The van der Waals surface area contributed by atoms with Gasteiger partial charge in [-0.15, -0.1) is 0 Å². The van der Waals surface area contributed by atoms with Crippen LogP contribution in [0.2, 0.25) is 0 Å². The van der Waals surface area contributed by atoms with Gasteiger partial charge in [0.1, 0.15) is 0 Å². The molecule has 0 aromatic rings. The Morgan fingerprint density at radius 2 is 0.944 bits per heavy atom. The lowest BCUT2D eigenvalue weighted by atomic mass is 10.0. The van der Waals surface area contributed by atoms with Crippen LogP contribution in [0.25, 0.3) is 0 Å². The van der Waals surface area contributed by atoms with Crippen molar-refractivity contribution in [3.63, 3.8) is 0 Å². The number of hydrogen-bond acceptors (Lipinski definition) is 6. The molecule has 0 amide bonds. The summed E-state index contributed by atoms with van der Waals surface area (Å²) in [4.78, 5) is 23.6. The van der Waals surface area contributed by atoms with Crippen LogP contribution < -0.4 is 0 Å². The predicted molar refractivity (Wildman–Crippen MR) is 154 cm³/mol. The largest absolute Gasteiger partial charge is 0.466 e. The van der Waals surface area contributed by atoms with Crippen molar-refractivity contribution in [2.24, 2.45) is 0 Å². The minimum atomic E-state index is -0.155. The summed E-state index contributed by atoms with van der Waals surface area (Å²) in [6.45, 7) is 5.44. The monoisotopic (exact) mass is 530 g/mol. The number of hydrogen-bond donors (Lipinski definition) is 1. The molecule has 5 nitrogen and oxygen atoms in total. The van der Waals surface area contributed by atoms with Gasteiger partial charge >= 0.3 is 11.9 Å². The Hall–Kier alpha value is -0.750. The summed E-state index contributed by atoms with van der Waals surface area (Å²) in [7, 11) is 0. The molecule has 0 bridgehead atoms. The average molecular weight is 531 g/mol. The van der Waals surface area contributed by atoms with E-state index < -0.39 is 0 Å². The van der Waals surface area contributed by atoms with E-state index in [0.717, 1.165) is 57.8 Å². The third kappa shape index (κ3) is 27.8. The van der Waals surface area contributed by atoms with Crippen molar-refractivity contribution in [1.82, 2.24) is 0 Å². The number of ether oxygens (including phenoxy) is 2. The molecule has 0 aliphatic carbocycles. The second-order valence-corrected chi connectivity index (χ2v) is 11.3. The molecule has 0 aromatic heterocycles. The summed E-state index contributed by atoms with van der Waals surface area (Å²) >= 11 is 1.60. The van der Waals surface area contributed by atoms with E-state index in [-0.39, 0.29) is 18.0 Å². The lowest BCUT2D eigenvalue weighted by Gasteiger charge is -2.10. The molecule has 0 aliphatic heterocycles. The Morgan fingerprint density at radius 1 is 0.583 bits per heavy atom. The van der Waals surface area contributed by atoms with Crippen LogP contribution in [0.5, 0.6) is 0 Å². The number of esters is 2. The lowest BCUT2D eigenvalue weighted by molar-refractivity contribution is -0.144. The maximum absolute atomic E-state index is 11.8. The van der Waals surface area contributed by atoms with E-state index in [1.807, 2.05) is 0 Å². The van der Waals surface area contributed by atoms with Gasteiger partial charge in [0.15, 0.2) is 0 Å². The summed E-state index contributed by atoms with van der Waals surface area (Å²) in [5.41, 5.74) is 0. The molecule has 214 valence electrons. The SMILES string of the molecule is CCCCCCCCCCCCOC(=O)CCSCCC(=O)OCCCCCCC(O)CCCCC. The Labute approximate surface area is 227 Å². The van der Waals surface area contributed by atoms with Crippen LogP contribution in [0, 0.1) is 0 Å². The van der Waals surface area contributed by atoms with Crippen molar-refractivity contribution in [1.29, 1.82) is 0 Å². The normalized spacial score (nSPS) is 12.0. The van der Waals surface area contributed by atoms with Crippen molar-refractivity contribution in [2.75, 3.05) is 24.7 Å². The van der Waals surface area contributed by atoms with Gasteiger partial charge < -0.3 is 14.6 Å². The Bertz CT molecular complexity index is 486. The Balaban J connectivity index is 3.33. The molecular weight excluding hydrogens is 472 g/mol. The molecule has 0 saturated carbocycles. The highest BCUT2D eigenvalue weighted by Gasteiger charge is 2.06. The second kappa shape index (κ2) is 28.8.